The van der Waals surface area contributed by atoms with E-state index in [2.05, 4.69) is 5.32 Å². The smallest absolute Gasteiger partial charge is 0.255 e. The van der Waals surface area contributed by atoms with Crippen LogP contribution in [0.25, 0.3) is 0 Å². The SMILES string of the molecule is CC(C)S(=O)(=O)c1cc(C(=O)Nc2cc(F)c(F)c(F)c2)ccc1Cl. The van der Waals surface area contributed by atoms with Crippen molar-refractivity contribution >= 4 is 33.0 Å². The van der Waals surface area contributed by atoms with Crippen molar-refractivity contribution in [1.82, 2.24) is 0 Å². The number of sulfone groups is 1. The fourth-order valence-corrected chi connectivity index (χ4v) is 3.53. The lowest BCUT2D eigenvalue weighted by Crippen LogP contribution is -2.17. The van der Waals surface area contributed by atoms with Gasteiger partial charge in [0.05, 0.1) is 15.2 Å². The summed E-state index contributed by atoms with van der Waals surface area (Å²) in [5.41, 5.74) is -0.404. The van der Waals surface area contributed by atoms with E-state index in [0.717, 1.165) is 6.07 Å². The molecule has 0 radical (unpaired) electrons. The Morgan fingerprint density at radius 2 is 1.64 bits per heavy atom. The van der Waals surface area contributed by atoms with Gasteiger partial charge in [0.1, 0.15) is 0 Å². The number of rotatable bonds is 4. The first-order valence-corrected chi connectivity index (χ1v) is 8.95. The van der Waals surface area contributed by atoms with Crippen LogP contribution < -0.4 is 5.32 Å². The number of halogens is 4. The van der Waals surface area contributed by atoms with Crippen molar-refractivity contribution in [1.29, 1.82) is 0 Å². The van der Waals surface area contributed by atoms with E-state index >= 15 is 0 Å². The van der Waals surface area contributed by atoms with Crippen LogP contribution in [0.2, 0.25) is 5.02 Å². The van der Waals surface area contributed by atoms with Gasteiger partial charge in [-0.15, -0.1) is 0 Å². The molecule has 1 N–H and O–H groups in total. The number of anilines is 1. The zero-order valence-electron chi connectivity index (χ0n) is 13.1. The first-order chi connectivity index (χ1) is 11.5. The highest BCUT2D eigenvalue weighted by Gasteiger charge is 2.24. The maximum atomic E-state index is 13.2. The lowest BCUT2D eigenvalue weighted by atomic mass is 10.2. The lowest BCUT2D eigenvalue weighted by Gasteiger charge is -2.12. The van der Waals surface area contributed by atoms with Crippen LogP contribution in [0, 0.1) is 17.5 Å². The van der Waals surface area contributed by atoms with E-state index in [0.29, 0.717) is 12.1 Å². The summed E-state index contributed by atoms with van der Waals surface area (Å²) in [5.74, 6) is -5.42. The van der Waals surface area contributed by atoms with Crippen LogP contribution in [0.15, 0.2) is 35.2 Å². The van der Waals surface area contributed by atoms with Gasteiger partial charge >= 0.3 is 0 Å². The van der Waals surface area contributed by atoms with Crippen LogP contribution in [0.5, 0.6) is 0 Å². The van der Waals surface area contributed by atoms with E-state index in [1.54, 1.807) is 0 Å². The molecule has 0 saturated carbocycles. The topological polar surface area (TPSA) is 63.2 Å². The van der Waals surface area contributed by atoms with Gasteiger partial charge < -0.3 is 5.32 Å². The zero-order valence-corrected chi connectivity index (χ0v) is 14.7. The zero-order chi connectivity index (χ0) is 18.9. The second kappa shape index (κ2) is 7.05. The number of carbonyl (C=O) groups excluding carboxylic acids is 1. The summed E-state index contributed by atoms with van der Waals surface area (Å²) < 4.78 is 63.8. The van der Waals surface area contributed by atoms with Gasteiger partial charge in [0.2, 0.25) is 0 Å². The van der Waals surface area contributed by atoms with Crippen LogP contribution in [0.1, 0.15) is 24.2 Å². The summed E-state index contributed by atoms with van der Waals surface area (Å²) in [4.78, 5) is 12.0. The monoisotopic (exact) mass is 391 g/mol. The summed E-state index contributed by atoms with van der Waals surface area (Å²) in [5, 5.41) is 1.36. The molecule has 2 aromatic rings. The molecule has 0 fully saturated rings. The fourth-order valence-electron chi connectivity index (χ4n) is 1.95. The number of amides is 1. The van der Waals surface area contributed by atoms with Crippen LogP contribution in [0.3, 0.4) is 0 Å². The van der Waals surface area contributed by atoms with Gasteiger partial charge in [-0.3, -0.25) is 4.79 Å². The standard InChI is InChI=1S/C16H13ClF3NO3S/c1-8(2)25(23,24)14-5-9(3-4-11(14)17)16(22)21-10-6-12(18)15(20)13(19)7-10/h3-8H,1-2H3,(H,21,22). The van der Waals surface area contributed by atoms with Gasteiger partial charge in [-0.25, -0.2) is 21.6 Å². The minimum atomic E-state index is -3.74. The van der Waals surface area contributed by atoms with E-state index in [4.69, 9.17) is 11.6 Å². The van der Waals surface area contributed by atoms with Crippen molar-refractivity contribution < 1.29 is 26.4 Å². The highest BCUT2D eigenvalue weighted by molar-refractivity contribution is 7.92. The van der Waals surface area contributed by atoms with Crippen molar-refractivity contribution in [3.8, 4) is 0 Å². The predicted octanol–water partition coefficient (Wildman–Crippen LogP) is 4.19. The van der Waals surface area contributed by atoms with Crippen LogP contribution >= 0.6 is 11.6 Å². The Morgan fingerprint density at radius 3 is 2.16 bits per heavy atom. The molecule has 0 atom stereocenters. The third-order valence-electron chi connectivity index (χ3n) is 3.36. The lowest BCUT2D eigenvalue weighted by molar-refractivity contribution is 0.102. The summed E-state index contributed by atoms with van der Waals surface area (Å²) >= 11 is 5.90. The molecular weight excluding hydrogens is 379 g/mol. The number of hydrogen-bond donors (Lipinski definition) is 1. The maximum Gasteiger partial charge on any atom is 0.255 e. The van der Waals surface area contributed by atoms with E-state index in [9.17, 15) is 26.4 Å². The fraction of sp³-hybridized carbons (Fsp3) is 0.188. The third-order valence-corrected chi connectivity index (χ3v) is 6.00. The number of hydrogen-bond acceptors (Lipinski definition) is 3. The predicted molar refractivity (Wildman–Crippen MR) is 88.0 cm³/mol. The first-order valence-electron chi connectivity index (χ1n) is 7.03. The normalized spacial score (nSPS) is 11.6. The van der Waals surface area contributed by atoms with E-state index < -0.39 is 38.4 Å². The Bertz CT molecular complexity index is 923. The molecule has 0 aliphatic carbocycles. The average Bonchev–Trinajstić information content (AvgIpc) is 2.52. The Hall–Kier alpha value is -2.06. The van der Waals surface area contributed by atoms with Crippen LogP contribution in [-0.2, 0) is 9.84 Å². The molecular formula is C16H13ClF3NO3S. The molecule has 2 rings (SSSR count). The molecule has 2 aromatic carbocycles. The minimum Gasteiger partial charge on any atom is -0.322 e. The Morgan fingerprint density at radius 1 is 1.08 bits per heavy atom. The first kappa shape index (κ1) is 19.3. The number of benzene rings is 2. The van der Waals surface area contributed by atoms with Gasteiger partial charge in [0.25, 0.3) is 5.91 Å². The summed E-state index contributed by atoms with van der Waals surface area (Å²) in [6, 6.07) is 4.78. The number of carbonyl (C=O) groups is 1. The Labute approximate surface area is 147 Å². The van der Waals surface area contributed by atoms with Crippen molar-refractivity contribution in [2.24, 2.45) is 0 Å². The van der Waals surface area contributed by atoms with Crippen molar-refractivity contribution in [2.45, 2.75) is 24.0 Å². The molecule has 0 spiro atoms. The molecule has 0 saturated heterocycles. The van der Waals surface area contributed by atoms with Crippen molar-refractivity contribution in [3.05, 3.63) is 58.4 Å². The second-order valence-corrected chi connectivity index (χ2v) is 8.33. The molecule has 1 amide bonds. The quantitative estimate of drug-likeness (QED) is 0.795. The largest absolute Gasteiger partial charge is 0.322 e. The minimum absolute atomic E-state index is 0.0517. The molecule has 0 aliphatic rings. The molecule has 0 aliphatic heterocycles. The second-order valence-electron chi connectivity index (χ2n) is 5.45. The molecule has 0 aromatic heterocycles. The molecule has 25 heavy (non-hydrogen) atoms. The summed E-state index contributed by atoms with van der Waals surface area (Å²) in [6.07, 6.45) is 0. The van der Waals surface area contributed by atoms with Gasteiger partial charge in [0, 0.05) is 23.4 Å². The van der Waals surface area contributed by atoms with Crippen LogP contribution in [-0.4, -0.2) is 19.6 Å². The van der Waals surface area contributed by atoms with Gasteiger partial charge in [0.15, 0.2) is 27.3 Å². The highest BCUT2D eigenvalue weighted by atomic mass is 35.5. The van der Waals surface area contributed by atoms with Crippen LogP contribution in [0.4, 0.5) is 18.9 Å². The third kappa shape index (κ3) is 3.96. The van der Waals surface area contributed by atoms with Crippen molar-refractivity contribution in [2.75, 3.05) is 5.32 Å². The van der Waals surface area contributed by atoms with Crippen molar-refractivity contribution in [3.63, 3.8) is 0 Å². The van der Waals surface area contributed by atoms with Gasteiger partial charge in [-0.2, -0.15) is 0 Å². The maximum absolute atomic E-state index is 13.2. The summed E-state index contributed by atoms with van der Waals surface area (Å²) in [6.45, 7) is 2.92. The molecule has 4 nitrogen and oxygen atoms in total. The van der Waals surface area contributed by atoms with Gasteiger partial charge in [-0.1, -0.05) is 11.6 Å². The molecule has 9 heteroatoms. The highest BCUT2D eigenvalue weighted by Crippen LogP contribution is 2.27. The molecule has 0 bridgehead atoms. The molecule has 0 heterocycles. The van der Waals surface area contributed by atoms with Gasteiger partial charge in [-0.05, 0) is 32.0 Å². The molecule has 0 unspecified atom stereocenters. The summed E-state index contributed by atoms with van der Waals surface area (Å²) in [7, 11) is -3.74. The van der Waals surface area contributed by atoms with E-state index in [-0.39, 0.29) is 21.2 Å². The van der Waals surface area contributed by atoms with E-state index in [1.807, 2.05) is 0 Å². The van der Waals surface area contributed by atoms with E-state index in [1.165, 1.54) is 26.0 Å². The Balaban J connectivity index is 2.38. The average molecular weight is 392 g/mol. The molecule has 134 valence electrons. The number of nitrogens with one attached hydrogen (secondary N) is 1. The Kier molecular flexibility index (Phi) is 5.43.